The molecule has 0 aliphatic heterocycles. The Morgan fingerprint density at radius 2 is 1.86 bits per heavy atom. The fourth-order valence-corrected chi connectivity index (χ4v) is 1.95. The van der Waals surface area contributed by atoms with Gasteiger partial charge in [0.1, 0.15) is 10.3 Å². The number of carboxylic acid groups (broad SMARTS) is 1. The molecule has 0 saturated heterocycles. The van der Waals surface area contributed by atoms with Crippen LogP contribution in [0.3, 0.4) is 0 Å². The van der Waals surface area contributed by atoms with E-state index < -0.39 is 11.4 Å². The van der Waals surface area contributed by atoms with E-state index in [1.807, 2.05) is 0 Å². The minimum Gasteiger partial charge on any atom is -0.481 e. The number of hydrogen-bond acceptors (Lipinski definition) is 2. The zero-order valence-corrected chi connectivity index (χ0v) is 8.64. The van der Waals surface area contributed by atoms with Gasteiger partial charge in [-0.2, -0.15) is 0 Å². The fraction of sp³-hybridized carbons (Fsp3) is 0.333. The number of halogens is 2. The summed E-state index contributed by atoms with van der Waals surface area (Å²) in [6.07, 6.45) is 1.28. The van der Waals surface area contributed by atoms with Crippen molar-refractivity contribution >= 4 is 29.2 Å². The van der Waals surface area contributed by atoms with Crippen molar-refractivity contribution < 1.29 is 9.90 Å². The highest BCUT2D eigenvalue weighted by molar-refractivity contribution is 6.32. The van der Waals surface area contributed by atoms with E-state index in [9.17, 15) is 4.79 Å². The lowest BCUT2D eigenvalue weighted by molar-refractivity contribution is -0.140. The van der Waals surface area contributed by atoms with E-state index in [2.05, 4.69) is 4.98 Å². The average molecular weight is 232 g/mol. The second kappa shape index (κ2) is 3.11. The molecule has 0 spiro atoms. The van der Waals surface area contributed by atoms with Crippen LogP contribution in [0.15, 0.2) is 12.1 Å². The van der Waals surface area contributed by atoms with E-state index in [1.165, 1.54) is 0 Å². The second-order valence-corrected chi connectivity index (χ2v) is 4.16. The molecular weight excluding hydrogens is 225 g/mol. The summed E-state index contributed by atoms with van der Waals surface area (Å²) in [7, 11) is 0. The SMILES string of the molecule is O=C(O)C1(c2cc(Cl)nc(Cl)c2)CC1. The summed E-state index contributed by atoms with van der Waals surface area (Å²) in [4.78, 5) is 14.8. The van der Waals surface area contributed by atoms with Crippen molar-refractivity contribution in [2.45, 2.75) is 18.3 Å². The van der Waals surface area contributed by atoms with Crippen LogP contribution < -0.4 is 0 Å². The average Bonchev–Trinajstić information content (AvgIpc) is 2.81. The molecule has 0 bridgehead atoms. The number of rotatable bonds is 2. The molecule has 3 nitrogen and oxygen atoms in total. The van der Waals surface area contributed by atoms with Crippen molar-refractivity contribution in [1.82, 2.24) is 4.98 Å². The van der Waals surface area contributed by atoms with Crippen LogP contribution in [0.5, 0.6) is 0 Å². The Balaban J connectivity index is 2.47. The Hall–Kier alpha value is -0.800. The Morgan fingerprint density at radius 3 is 2.21 bits per heavy atom. The molecule has 1 aromatic heterocycles. The third-order valence-corrected chi connectivity index (χ3v) is 2.86. The maximum absolute atomic E-state index is 11.0. The number of aliphatic carboxylic acids is 1. The number of hydrogen-bond donors (Lipinski definition) is 1. The summed E-state index contributed by atoms with van der Waals surface area (Å²) >= 11 is 11.4. The molecule has 1 heterocycles. The summed E-state index contributed by atoms with van der Waals surface area (Å²) in [5, 5.41) is 9.50. The second-order valence-electron chi connectivity index (χ2n) is 3.39. The largest absolute Gasteiger partial charge is 0.481 e. The summed E-state index contributed by atoms with van der Waals surface area (Å²) in [5.41, 5.74) is -0.119. The molecular formula is C9H7Cl2NO2. The van der Waals surface area contributed by atoms with Crippen molar-refractivity contribution in [1.29, 1.82) is 0 Å². The molecule has 0 radical (unpaired) electrons. The molecule has 1 fully saturated rings. The van der Waals surface area contributed by atoms with Gasteiger partial charge in [0.05, 0.1) is 5.41 Å². The van der Waals surface area contributed by atoms with Crippen LogP contribution in [0, 0.1) is 0 Å². The van der Waals surface area contributed by atoms with Gasteiger partial charge in [0.25, 0.3) is 0 Å². The summed E-state index contributed by atoms with van der Waals surface area (Å²) in [6.45, 7) is 0. The molecule has 2 rings (SSSR count). The summed E-state index contributed by atoms with van der Waals surface area (Å²) in [5.74, 6) is -0.823. The van der Waals surface area contributed by atoms with Crippen LogP contribution in [0.4, 0.5) is 0 Å². The number of carbonyl (C=O) groups is 1. The molecule has 1 aliphatic carbocycles. The smallest absolute Gasteiger partial charge is 0.314 e. The maximum atomic E-state index is 11.0. The number of carboxylic acids is 1. The lowest BCUT2D eigenvalue weighted by Gasteiger charge is -2.10. The molecule has 1 aromatic rings. The first-order valence-corrected chi connectivity index (χ1v) is 4.87. The van der Waals surface area contributed by atoms with Crippen molar-refractivity contribution in [2.24, 2.45) is 0 Å². The van der Waals surface area contributed by atoms with E-state index in [0.717, 1.165) is 0 Å². The van der Waals surface area contributed by atoms with Crippen molar-refractivity contribution in [3.05, 3.63) is 28.0 Å². The van der Waals surface area contributed by atoms with Gasteiger partial charge in [0.15, 0.2) is 0 Å². The minimum absolute atomic E-state index is 0.236. The van der Waals surface area contributed by atoms with Gasteiger partial charge >= 0.3 is 5.97 Å². The predicted molar refractivity (Wildman–Crippen MR) is 52.8 cm³/mol. The lowest BCUT2D eigenvalue weighted by atomic mass is 9.98. The first-order valence-electron chi connectivity index (χ1n) is 4.11. The topological polar surface area (TPSA) is 50.2 Å². The van der Waals surface area contributed by atoms with Gasteiger partial charge in [-0.25, -0.2) is 4.98 Å². The molecule has 1 N–H and O–H groups in total. The Bertz CT molecular complexity index is 382. The van der Waals surface area contributed by atoms with E-state index in [1.54, 1.807) is 12.1 Å². The van der Waals surface area contributed by atoms with Crippen LogP contribution in [0.25, 0.3) is 0 Å². The first kappa shape index (κ1) is 9.74. The quantitative estimate of drug-likeness (QED) is 0.797. The van der Waals surface area contributed by atoms with E-state index in [-0.39, 0.29) is 10.3 Å². The zero-order valence-electron chi connectivity index (χ0n) is 7.13. The van der Waals surface area contributed by atoms with Crippen molar-refractivity contribution in [2.75, 3.05) is 0 Å². The molecule has 0 aromatic carbocycles. The third-order valence-electron chi connectivity index (χ3n) is 2.47. The minimum atomic E-state index is -0.823. The highest BCUT2D eigenvalue weighted by atomic mass is 35.5. The van der Waals surface area contributed by atoms with Crippen molar-refractivity contribution in [3.8, 4) is 0 Å². The molecule has 0 unspecified atom stereocenters. The first-order chi connectivity index (χ1) is 6.54. The molecule has 0 amide bonds. The molecule has 1 aliphatic rings. The monoisotopic (exact) mass is 231 g/mol. The van der Waals surface area contributed by atoms with Gasteiger partial charge in [-0.15, -0.1) is 0 Å². The Morgan fingerprint density at radius 1 is 1.36 bits per heavy atom. The van der Waals surface area contributed by atoms with E-state index in [4.69, 9.17) is 28.3 Å². The van der Waals surface area contributed by atoms with Gasteiger partial charge in [0.2, 0.25) is 0 Å². The van der Waals surface area contributed by atoms with Crippen LogP contribution in [-0.2, 0) is 10.2 Å². The molecule has 5 heteroatoms. The molecule has 74 valence electrons. The van der Waals surface area contributed by atoms with Gasteiger partial charge in [-0.05, 0) is 30.5 Å². The van der Waals surface area contributed by atoms with Crippen LogP contribution in [-0.4, -0.2) is 16.1 Å². The number of nitrogens with zero attached hydrogens (tertiary/aromatic N) is 1. The number of pyridine rings is 1. The normalized spacial score (nSPS) is 17.9. The maximum Gasteiger partial charge on any atom is 0.314 e. The highest BCUT2D eigenvalue weighted by Gasteiger charge is 2.52. The van der Waals surface area contributed by atoms with E-state index in [0.29, 0.717) is 18.4 Å². The van der Waals surface area contributed by atoms with Crippen molar-refractivity contribution in [3.63, 3.8) is 0 Å². The zero-order chi connectivity index (χ0) is 10.3. The highest BCUT2D eigenvalue weighted by Crippen LogP contribution is 2.49. The Labute approximate surface area is 90.7 Å². The number of aromatic nitrogens is 1. The van der Waals surface area contributed by atoms with Gasteiger partial charge in [0, 0.05) is 0 Å². The van der Waals surface area contributed by atoms with E-state index >= 15 is 0 Å². The van der Waals surface area contributed by atoms with Gasteiger partial charge in [-0.1, -0.05) is 23.2 Å². The van der Waals surface area contributed by atoms with Gasteiger partial charge in [-0.3, -0.25) is 4.79 Å². The van der Waals surface area contributed by atoms with Gasteiger partial charge < -0.3 is 5.11 Å². The molecule has 1 saturated carbocycles. The Kier molecular flexibility index (Phi) is 2.16. The summed E-state index contributed by atoms with van der Waals surface area (Å²) < 4.78 is 0. The van der Waals surface area contributed by atoms with Crippen LogP contribution in [0.1, 0.15) is 18.4 Å². The molecule has 0 atom stereocenters. The summed E-state index contributed by atoms with van der Waals surface area (Å²) in [6, 6.07) is 3.13. The standard InChI is InChI=1S/C9H7Cl2NO2/c10-6-3-5(4-7(11)12-6)9(1-2-9)8(13)14/h3-4H,1-2H2,(H,13,14). The predicted octanol–water partition coefficient (Wildman–Crippen LogP) is 2.50. The lowest BCUT2D eigenvalue weighted by Crippen LogP contribution is -2.19. The fourth-order valence-electron chi connectivity index (χ4n) is 1.49. The third kappa shape index (κ3) is 1.47. The molecule has 14 heavy (non-hydrogen) atoms. The van der Waals surface area contributed by atoms with Crippen LogP contribution >= 0.6 is 23.2 Å². The van der Waals surface area contributed by atoms with Crippen LogP contribution in [0.2, 0.25) is 10.3 Å².